The third-order valence-electron chi connectivity index (χ3n) is 1.71. The maximum absolute atomic E-state index is 13.1. The van der Waals surface area contributed by atoms with Crippen molar-refractivity contribution >= 4 is 18.0 Å². The van der Waals surface area contributed by atoms with E-state index in [1.165, 1.54) is 18.3 Å². The van der Waals surface area contributed by atoms with Crippen LogP contribution in [0.5, 0.6) is 0 Å². The standard InChI is InChI=1S/C10H9FN2O3/c1-16-10(15)7-4-6(2-3-8(12)14)5-13-9(7)11/h2-5H,1H3,(H2,12,14). The number of hydrogen-bond acceptors (Lipinski definition) is 4. The number of nitrogens with two attached hydrogens (primary N) is 1. The second-order valence-corrected chi connectivity index (χ2v) is 2.83. The Morgan fingerprint density at radius 2 is 2.25 bits per heavy atom. The lowest BCUT2D eigenvalue weighted by Crippen LogP contribution is -2.07. The molecular weight excluding hydrogens is 215 g/mol. The first-order chi connectivity index (χ1) is 7.54. The van der Waals surface area contributed by atoms with E-state index in [1.807, 2.05) is 0 Å². The number of esters is 1. The molecule has 84 valence electrons. The Bertz CT molecular complexity index is 457. The molecule has 1 amide bonds. The second-order valence-electron chi connectivity index (χ2n) is 2.83. The molecule has 5 nitrogen and oxygen atoms in total. The molecule has 16 heavy (non-hydrogen) atoms. The Morgan fingerprint density at radius 3 is 2.81 bits per heavy atom. The van der Waals surface area contributed by atoms with Gasteiger partial charge in [-0.05, 0) is 17.7 Å². The van der Waals surface area contributed by atoms with Crippen LogP contribution in [-0.4, -0.2) is 24.0 Å². The van der Waals surface area contributed by atoms with E-state index >= 15 is 0 Å². The maximum atomic E-state index is 13.1. The Kier molecular flexibility index (Phi) is 3.71. The van der Waals surface area contributed by atoms with Gasteiger partial charge in [0.2, 0.25) is 11.9 Å². The van der Waals surface area contributed by atoms with Crippen molar-refractivity contribution in [1.82, 2.24) is 4.98 Å². The van der Waals surface area contributed by atoms with Gasteiger partial charge < -0.3 is 10.5 Å². The Balaban J connectivity index is 3.07. The van der Waals surface area contributed by atoms with Gasteiger partial charge in [-0.25, -0.2) is 9.78 Å². The molecule has 0 radical (unpaired) electrons. The smallest absolute Gasteiger partial charge is 0.342 e. The molecule has 0 saturated carbocycles. The summed E-state index contributed by atoms with van der Waals surface area (Å²) in [5.41, 5.74) is 4.96. The van der Waals surface area contributed by atoms with Crippen molar-refractivity contribution in [3.8, 4) is 0 Å². The van der Waals surface area contributed by atoms with Gasteiger partial charge in [-0.2, -0.15) is 4.39 Å². The number of primary amides is 1. The molecule has 0 aliphatic rings. The van der Waals surface area contributed by atoms with Crippen LogP contribution in [0, 0.1) is 5.95 Å². The Morgan fingerprint density at radius 1 is 1.56 bits per heavy atom. The molecule has 0 atom stereocenters. The lowest BCUT2D eigenvalue weighted by molar-refractivity contribution is -0.113. The highest BCUT2D eigenvalue weighted by molar-refractivity contribution is 5.92. The minimum absolute atomic E-state index is 0.297. The van der Waals surface area contributed by atoms with Gasteiger partial charge in [-0.1, -0.05) is 0 Å². The Labute approximate surface area is 90.7 Å². The normalized spacial score (nSPS) is 10.4. The minimum atomic E-state index is -0.928. The van der Waals surface area contributed by atoms with Crippen LogP contribution in [0.25, 0.3) is 6.08 Å². The molecule has 2 N–H and O–H groups in total. The second kappa shape index (κ2) is 5.01. The van der Waals surface area contributed by atoms with E-state index in [2.05, 4.69) is 9.72 Å². The molecule has 0 spiro atoms. The van der Waals surface area contributed by atoms with Gasteiger partial charge in [0, 0.05) is 12.3 Å². The molecule has 0 aromatic carbocycles. The zero-order valence-electron chi connectivity index (χ0n) is 8.44. The molecule has 0 aliphatic heterocycles. The summed E-state index contributed by atoms with van der Waals surface area (Å²) in [6.45, 7) is 0. The topological polar surface area (TPSA) is 82.3 Å². The van der Waals surface area contributed by atoms with Crippen LogP contribution < -0.4 is 5.73 Å². The molecule has 1 rings (SSSR count). The molecule has 0 unspecified atom stereocenters. The number of halogens is 1. The fourth-order valence-corrected chi connectivity index (χ4v) is 0.987. The number of amides is 1. The van der Waals surface area contributed by atoms with Crippen LogP contribution >= 0.6 is 0 Å². The van der Waals surface area contributed by atoms with Gasteiger partial charge in [0.05, 0.1) is 7.11 Å². The number of ether oxygens (including phenoxy) is 1. The molecule has 1 heterocycles. The molecule has 1 aromatic heterocycles. The number of carbonyl (C=O) groups is 2. The minimum Gasteiger partial charge on any atom is -0.465 e. The van der Waals surface area contributed by atoms with Gasteiger partial charge in [0.15, 0.2) is 0 Å². The van der Waals surface area contributed by atoms with Crippen LogP contribution in [0.4, 0.5) is 4.39 Å². The van der Waals surface area contributed by atoms with Crippen molar-refractivity contribution in [3.63, 3.8) is 0 Å². The highest BCUT2D eigenvalue weighted by atomic mass is 19.1. The largest absolute Gasteiger partial charge is 0.465 e. The maximum Gasteiger partial charge on any atom is 0.342 e. The summed E-state index contributed by atoms with van der Waals surface area (Å²) in [6.07, 6.45) is 3.57. The highest BCUT2D eigenvalue weighted by Crippen LogP contribution is 2.10. The first-order valence-corrected chi connectivity index (χ1v) is 4.26. The summed E-state index contributed by atoms with van der Waals surface area (Å²) in [5.74, 6) is -2.41. The van der Waals surface area contributed by atoms with Crippen LogP contribution in [-0.2, 0) is 9.53 Å². The lowest BCUT2D eigenvalue weighted by atomic mass is 10.2. The third-order valence-corrected chi connectivity index (χ3v) is 1.71. The highest BCUT2D eigenvalue weighted by Gasteiger charge is 2.13. The van der Waals surface area contributed by atoms with Gasteiger partial charge >= 0.3 is 5.97 Å². The zero-order chi connectivity index (χ0) is 12.1. The van der Waals surface area contributed by atoms with Crippen molar-refractivity contribution in [3.05, 3.63) is 35.4 Å². The quantitative estimate of drug-likeness (QED) is 0.460. The van der Waals surface area contributed by atoms with E-state index in [0.29, 0.717) is 5.56 Å². The number of methoxy groups -OCH3 is 1. The van der Waals surface area contributed by atoms with Crippen molar-refractivity contribution in [2.75, 3.05) is 7.11 Å². The van der Waals surface area contributed by atoms with E-state index in [0.717, 1.165) is 13.2 Å². The fourth-order valence-electron chi connectivity index (χ4n) is 0.987. The lowest BCUT2D eigenvalue weighted by Gasteiger charge is -2.01. The SMILES string of the molecule is COC(=O)c1cc(C=CC(N)=O)cnc1F. The van der Waals surface area contributed by atoms with Crippen LogP contribution in [0.1, 0.15) is 15.9 Å². The van der Waals surface area contributed by atoms with E-state index in [9.17, 15) is 14.0 Å². The molecule has 6 heteroatoms. The van der Waals surface area contributed by atoms with Crippen molar-refractivity contribution in [2.45, 2.75) is 0 Å². The van der Waals surface area contributed by atoms with E-state index < -0.39 is 17.8 Å². The van der Waals surface area contributed by atoms with Crippen molar-refractivity contribution < 1.29 is 18.7 Å². The van der Waals surface area contributed by atoms with E-state index in [-0.39, 0.29) is 5.56 Å². The number of hydrogen-bond donors (Lipinski definition) is 1. The first kappa shape index (κ1) is 11.8. The van der Waals surface area contributed by atoms with Crippen molar-refractivity contribution in [2.24, 2.45) is 5.73 Å². The summed E-state index contributed by atoms with van der Waals surface area (Å²) in [6, 6.07) is 1.22. The number of pyridine rings is 1. The monoisotopic (exact) mass is 224 g/mol. The summed E-state index contributed by atoms with van der Waals surface area (Å²) in [5, 5.41) is 0. The number of nitrogens with zero attached hydrogens (tertiary/aromatic N) is 1. The molecule has 0 fully saturated rings. The van der Waals surface area contributed by atoms with Gasteiger partial charge in [0.1, 0.15) is 5.56 Å². The summed E-state index contributed by atoms with van der Waals surface area (Å²) in [7, 11) is 1.13. The Hall–Kier alpha value is -2.24. The number of rotatable bonds is 3. The summed E-state index contributed by atoms with van der Waals surface area (Å²) < 4.78 is 17.4. The van der Waals surface area contributed by atoms with Crippen LogP contribution in [0.2, 0.25) is 0 Å². The average Bonchev–Trinajstić information content (AvgIpc) is 2.27. The molecule has 0 saturated heterocycles. The van der Waals surface area contributed by atoms with E-state index in [1.54, 1.807) is 0 Å². The molecule has 1 aromatic rings. The van der Waals surface area contributed by atoms with Gasteiger partial charge in [-0.3, -0.25) is 4.79 Å². The predicted molar refractivity (Wildman–Crippen MR) is 53.8 cm³/mol. The fraction of sp³-hybridized carbons (Fsp3) is 0.100. The average molecular weight is 224 g/mol. The van der Waals surface area contributed by atoms with E-state index in [4.69, 9.17) is 5.73 Å². The third kappa shape index (κ3) is 2.88. The van der Waals surface area contributed by atoms with Crippen molar-refractivity contribution in [1.29, 1.82) is 0 Å². The number of carbonyl (C=O) groups excluding carboxylic acids is 2. The van der Waals surface area contributed by atoms with Crippen LogP contribution in [0.15, 0.2) is 18.3 Å². The van der Waals surface area contributed by atoms with Gasteiger partial charge in [0.25, 0.3) is 0 Å². The first-order valence-electron chi connectivity index (χ1n) is 4.26. The summed E-state index contributed by atoms with van der Waals surface area (Å²) in [4.78, 5) is 24.9. The predicted octanol–water partition coefficient (Wildman–Crippen LogP) is 0.506. The number of aromatic nitrogens is 1. The molecule has 0 aliphatic carbocycles. The summed E-state index contributed by atoms with van der Waals surface area (Å²) >= 11 is 0. The zero-order valence-corrected chi connectivity index (χ0v) is 8.44. The molecule has 0 bridgehead atoms. The van der Waals surface area contributed by atoms with Crippen LogP contribution in [0.3, 0.4) is 0 Å². The van der Waals surface area contributed by atoms with Gasteiger partial charge in [-0.15, -0.1) is 0 Å². The molecular formula is C10H9FN2O3.